The molecule has 0 aliphatic rings. The van der Waals surface area contributed by atoms with Gasteiger partial charge < -0.3 is 14.8 Å². The maximum Gasteiger partial charge on any atom is 0.337 e. The molecule has 32 heavy (non-hydrogen) atoms. The van der Waals surface area contributed by atoms with E-state index in [0.29, 0.717) is 27.6 Å². The van der Waals surface area contributed by atoms with Gasteiger partial charge in [0.15, 0.2) is 0 Å². The van der Waals surface area contributed by atoms with Gasteiger partial charge in [-0.2, -0.15) is 5.26 Å². The first-order chi connectivity index (χ1) is 15.5. The summed E-state index contributed by atoms with van der Waals surface area (Å²) in [5, 5.41) is 12.7. The van der Waals surface area contributed by atoms with Gasteiger partial charge in [0.05, 0.1) is 12.7 Å². The van der Waals surface area contributed by atoms with Crippen molar-refractivity contribution in [3.8, 4) is 11.8 Å². The normalized spacial score (nSPS) is 10.7. The number of methoxy groups -OCH3 is 1. The number of halogens is 1. The second kappa shape index (κ2) is 10.8. The van der Waals surface area contributed by atoms with Crippen LogP contribution in [0.5, 0.6) is 5.75 Å². The van der Waals surface area contributed by atoms with Gasteiger partial charge >= 0.3 is 5.97 Å². The van der Waals surface area contributed by atoms with E-state index in [9.17, 15) is 14.9 Å². The summed E-state index contributed by atoms with van der Waals surface area (Å²) in [4.78, 5) is 24.1. The summed E-state index contributed by atoms with van der Waals surface area (Å²) in [5.74, 6) is -0.437. The molecule has 0 bridgehead atoms. The number of carbonyl (C=O) groups excluding carboxylic acids is 2. The number of nitrogens with zero attached hydrogens (tertiary/aromatic N) is 1. The van der Waals surface area contributed by atoms with Gasteiger partial charge in [0.1, 0.15) is 24.0 Å². The second-order valence-corrected chi connectivity index (χ2v) is 7.08. The number of para-hydroxylation sites is 1. The Bertz CT molecular complexity index is 1180. The molecule has 3 aromatic carbocycles. The fourth-order valence-electron chi connectivity index (χ4n) is 2.78. The van der Waals surface area contributed by atoms with Gasteiger partial charge in [0.25, 0.3) is 5.91 Å². The summed E-state index contributed by atoms with van der Waals surface area (Å²) in [5.41, 5.74) is 2.34. The number of anilines is 1. The zero-order chi connectivity index (χ0) is 22.9. The number of ether oxygens (including phenoxy) is 2. The lowest BCUT2D eigenvalue weighted by atomic mass is 10.1. The van der Waals surface area contributed by atoms with E-state index in [0.717, 1.165) is 5.56 Å². The standard InChI is InChI=1S/C25H19ClN2O4/c1-31-25(30)18-8-6-17(7-9-18)16-32-23-5-3-2-4-19(23)14-20(15-27)24(29)28-22-12-10-21(26)11-13-22/h2-14H,16H2,1H3,(H,28,29)/b20-14+. The number of benzene rings is 3. The molecule has 6 nitrogen and oxygen atoms in total. The van der Waals surface area contributed by atoms with Crippen molar-refractivity contribution in [1.29, 1.82) is 5.26 Å². The Balaban J connectivity index is 1.73. The number of amides is 1. The van der Waals surface area contributed by atoms with Gasteiger partial charge in [-0.05, 0) is 54.1 Å². The van der Waals surface area contributed by atoms with Crippen LogP contribution in [0.3, 0.4) is 0 Å². The average Bonchev–Trinajstić information content (AvgIpc) is 2.83. The number of nitriles is 1. The largest absolute Gasteiger partial charge is 0.488 e. The first-order valence-corrected chi connectivity index (χ1v) is 9.95. The van der Waals surface area contributed by atoms with E-state index in [1.165, 1.54) is 13.2 Å². The molecule has 0 heterocycles. The number of hydrogen-bond acceptors (Lipinski definition) is 5. The van der Waals surface area contributed by atoms with E-state index in [1.54, 1.807) is 72.8 Å². The summed E-state index contributed by atoms with van der Waals surface area (Å²) in [7, 11) is 1.33. The van der Waals surface area contributed by atoms with Crippen LogP contribution in [0.25, 0.3) is 6.08 Å². The Morgan fingerprint density at radius 3 is 2.38 bits per heavy atom. The highest BCUT2D eigenvalue weighted by Crippen LogP contribution is 2.23. The van der Waals surface area contributed by atoms with Gasteiger partial charge in [0.2, 0.25) is 0 Å². The first kappa shape index (κ1) is 22.6. The van der Waals surface area contributed by atoms with E-state index in [4.69, 9.17) is 16.3 Å². The van der Waals surface area contributed by atoms with Crippen LogP contribution in [-0.4, -0.2) is 19.0 Å². The van der Waals surface area contributed by atoms with E-state index in [-0.39, 0.29) is 12.2 Å². The van der Waals surface area contributed by atoms with Crippen molar-refractivity contribution in [3.05, 3.63) is 100 Å². The molecule has 0 atom stereocenters. The predicted octanol–water partition coefficient (Wildman–Crippen LogP) is 5.25. The Morgan fingerprint density at radius 2 is 1.72 bits per heavy atom. The number of rotatable bonds is 7. The molecule has 0 aliphatic heterocycles. The van der Waals surface area contributed by atoms with Gasteiger partial charge in [-0.15, -0.1) is 0 Å². The molecule has 7 heteroatoms. The third kappa shape index (κ3) is 5.97. The molecule has 0 saturated carbocycles. The molecule has 0 aromatic heterocycles. The minimum absolute atomic E-state index is 0.0709. The highest BCUT2D eigenvalue weighted by Gasteiger charge is 2.12. The third-order valence-electron chi connectivity index (χ3n) is 4.46. The summed E-state index contributed by atoms with van der Waals surface area (Å²) in [6, 6.07) is 22.5. The van der Waals surface area contributed by atoms with E-state index in [1.807, 2.05) is 6.07 Å². The summed E-state index contributed by atoms with van der Waals surface area (Å²) in [6.45, 7) is 0.241. The topological polar surface area (TPSA) is 88.4 Å². The van der Waals surface area contributed by atoms with E-state index < -0.39 is 11.9 Å². The maximum absolute atomic E-state index is 12.5. The second-order valence-electron chi connectivity index (χ2n) is 6.65. The quantitative estimate of drug-likeness (QED) is 0.304. The Morgan fingerprint density at radius 1 is 1.03 bits per heavy atom. The lowest BCUT2D eigenvalue weighted by molar-refractivity contribution is -0.112. The summed E-state index contributed by atoms with van der Waals surface area (Å²) < 4.78 is 10.6. The molecule has 1 N–H and O–H groups in total. The Labute approximate surface area is 190 Å². The molecular weight excluding hydrogens is 428 g/mol. The highest BCUT2D eigenvalue weighted by molar-refractivity contribution is 6.30. The molecule has 3 rings (SSSR count). The van der Waals surface area contributed by atoms with Crippen molar-refractivity contribution in [1.82, 2.24) is 0 Å². The van der Waals surface area contributed by atoms with Crippen LogP contribution in [0, 0.1) is 11.3 Å². The zero-order valence-electron chi connectivity index (χ0n) is 17.2. The minimum atomic E-state index is -0.539. The molecule has 0 radical (unpaired) electrons. The predicted molar refractivity (Wildman–Crippen MR) is 122 cm³/mol. The molecule has 0 aliphatic carbocycles. The zero-order valence-corrected chi connectivity index (χ0v) is 17.9. The van der Waals surface area contributed by atoms with Crippen molar-refractivity contribution in [2.24, 2.45) is 0 Å². The molecule has 0 fully saturated rings. The van der Waals surface area contributed by atoms with Crippen LogP contribution in [0.4, 0.5) is 5.69 Å². The van der Waals surface area contributed by atoms with Crippen molar-refractivity contribution >= 4 is 35.2 Å². The van der Waals surface area contributed by atoms with Crippen LogP contribution in [-0.2, 0) is 16.1 Å². The van der Waals surface area contributed by atoms with E-state index in [2.05, 4.69) is 10.1 Å². The highest BCUT2D eigenvalue weighted by atomic mass is 35.5. The third-order valence-corrected chi connectivity index (χ3v) is 4.71. The van der Waals surface area contributed by atoms with Gasteiger partial charge in [-0.1, -0.05) is 41.9 Å². The molecule has 0 spiro atoms. The molecule has 0 saturated heterocycles. The Kier molecular flexibility index (Phi) is 7.63. The summed E-state index contributed by atoms with van der Waals surface area (Å²) >= 11 is 5.85. The smallest absolute Gasteiger partial charge is 0.337 e. The number of nitrogens with one attached hydrogen (secondary N) is 1. The Hall–Kier alpha value is -4.08. The van der Waals surface area contributed by atoms with Gasteiger partial charge in [-0.25, -0.2) is 4.79 Å². The SMILES string of the molecule is COC(=O)c1ccc(COc2ccccc2/C=C(\C#N)C(=O)Nc2ccc(Cl)cc2)cc1. The van der Waals surface area contributed by atoms with Crippen molar-refractivity contribution < 1.29 is 19.1 Å². The van der Waals surface area contributed by atoms with Crippen LogP contribution in [0.15, 0.2) is 78.4 Å². The first-order valence-electron chi connectivity index (χ1n) is 9.58. The van der Waals surface area contributed by atoms with Crippen molar-refractivity contribution in [2.45, 2.75) is 6.61 Å². The van der Waals surface area contributed by atoms with Crippen LogP contribution in [0.1, 0.15) is 21.5 Å². The lowest BCUT2D eigenvalue weighted by Crippen LogP contribution is -2.13. The van der Waals surface area contributed by atoms with E-state index >= 15 is 0 Å². The number of carbonyl (C=O) groups is 2. The molecule has 0 unspecified atom stereocenters. The lowest BCUT2D eigenvalue weighted by Gasteiger charge is -2.10. The van der Waals surface area contributed by atoms with Gasteiger partial charge in [-0.3, -0.25) is 4.79 Å². The molecule has 3 aromatic rings. The van der Waals surface area contributed by atoms with Crippen molar-refractivity contribution in [3.63, 3.8) is 0 Å². The fourth-order valence-corrected chi connectivity index (χ4v) is 2.91. The summed E-state index contributed by atoms with van der Waals surface area (Å²) in [6.07, 6.45) is 1.47. The maximum atomic E-state index is 12.5. The minimum Gasteiger partial charge on any atom is -0.488 e. The van der Waals surface area contributed by atoms with Crippen LogP contribution in [0.2, 0.25) is 5.02 Å². The van der Waals surface area contributed by atoms with Crippen LogP contribution >= 0.6 is 11.6 Å². The number of hydrogen-bond donors (Lipinski definition) is 1. The van der Waals surface area contributed by atoms with Crippen molar-refractivity contribution in [2.75, 3.05) is 12.4 Å². The molecule has 160 valence electrons. The van der Waals surface area contributed by atoms with Crippen LogP contribution < -0.4 is 10.1 Å². The fraction of sp³-hybridized carbons (Fsp3) is 0.0800. The average molecular weight is 447 g/mol. The monoisotopic (exact) mass is 446 g/mol. The molecular formula is C25H19ClN2O4. The van der Waals surface area contributed by atoms with Gasteiger partial charge in [0, 0.05) is 16.3 Å². The molecule has 1 amide bonds. The number of esters is 1.